The number of rotatable bonds is 8. The van der Waals surface area contributed by atoms with Crippen LogP contribution in [0.2, 0.25) is 0 Å². The van der Waals surface area contributed by atoms with Crippen LogP contribution in [-0.2, 0) is 9.59 Å². The molecule has 6 heteroatoms. The molecule has 0 spiro atoms. The highest BCUT2D eigenvalue weighted by Gasteiger charge is 2.04. The molecule has 104 valence electrons. The number of carbonyl (C=O) groups is 2. The van der Waals surface area contributed by atoms with E-state index >= 15 is 0 Å². The molecule has 5 nitrogen and oxygen atoms in total. The van der Waals surface area contributed by atoms with E-state index < -0.39 is 5.97 Å². The van der Waals surface area contributed by atoms with Crippen LogP contribution in [0.5, 0.6) is 5.75 Å². The second kappa shape index (κ2) is 8.53. The van der Waals surface area contributed by atoms with Crippen LogP contribution in [0.1, 0.15) is 19.3 Å². The third-order valence-corrected chi connectivity index (χ3v) is 2.99. The topological polar surface area (TPSA) is 75.6 Å². The van der Waals surface area contributed by atoms with Crippen molar-refractivity contribution in [2.45, 2.75) is 19.3 Å². The molecule has 0 aliphatic carbocycles. The standard InChI is InChI=1S/C13H16BrNO4/c14-10-5-1-2-6-11(10)19-9-12(16)15-8-4-3-7-13(17)18/h1-2,5-6H,3-4,7-9H2,(H,15,16)(H,17,18). The van der Waals surface area contributed by atoms with Gasteiger partial charge in [-0.1, -0.05) is 12.1 Å². The van der Waals surface area contributed by atoms with Crippen molar-refractivity contribution in [2.24, 2.45) is 0 Å². The van der Waals surface area contributed by atoms with Gasteiger partial charge >= 0.3 is 5.97 Å². The molecule has 1 aromatic carbocycles. The second-order valence-corrected chi connectivity index (χ2v) is 4.77. The predicted molar refractivity (Wildman–Crippen MR) is 74.1 cm³/mol. The molecule has 0 aliphatic rings. The molecular formula is C13H16BrNO4. The molecule has 2 N–H and O–H groups in total. The van der Waals surface area contributed by atoms with Crippen LogP contribution in [-0.4, -0.2) is 30.1 Å². The number of amides is 1. The van der Waals surface area contributed by atoms with Crippen LogP contribution in [0.15, 0.2) is 28.7 Å². The number of para-hydroxylation sites is 1. The quantitative estimate of drug-likeness (QED) is 0.717. The summed E-state index contributed by atoms with van der Waals surface area (Å²) in [4.78, 5) is 21.7. The number of halogens is 1. The lowest BCUT2D eigenvalue weighted by Crippen LogP contribution is -2.29. The van der Waals surface area contributed by atoms with Crippen LogP contribution in [0.25, 0.3) is 0 Å². The largest absolute Gasteiger partial charge is 0.483 e. The Hall–Kier alpha value is -1.56. The number of nitrogens with one attached hydrogen (secondary N) is 1. The third kappa shape index (κ3) is 6.81. The zero-order valence-corrected chi connectivity index (χ0v) is 12.0. The van der Waals surface area contributed by atoms with E-state index in [0.717, 1.165) is 4.47 Å². The van der Waals surface area contributed by atoms with E-state index in [1.54, 1.807) is 6.07 Å². The fourth-order valence-corrected chi connectivity index (χ4v) is 1.78. The average molecular weight is 330 g/mol. The first-order valence-corrected chi connectivity index (χ1v) is 6.74. The Morgan fingerprint density at radius 1 is 1.26 bits per heavy atom. The SMILES string of the molecule is O=C(O)CCCCNC(=O)COc1ccccc1Br. The molecule has 0 atom stereocenters. The molecule has 19 heavy (non-hydrogen) atoms. The van der Waals surface area contributed by atoms with Gasteiger partial charge in [-0.05, 0) is 40.9 Å². The van der Waals surface area contributed by atoms with Gasteiger partial charge in [-0.15, -0.1) is 0 Å². The molecule has 0 aliphatic heterocycles. The minimum absolute atomic E-state index is 0.0540. The van der Waals surface area contributed by atoms with Gasteiger partial charge in [-0.2, -0.15) is 0 Å². The van der Waals surface area contributed by atoms with E-state index in [2.05, 4.69) is 21.2 Å². The van der Waals surface area contributed by atoms with Crippen LogP contribution < -0.4 is 10.1 Å². The summed E-state index contributed by atoms with van der Waals surface area (Å²) in [6.45, 7) is 0.410. The maximum atomic E-state index is 11.5. The number of hydrogen-bond donors (Lipinski definition) is 2. The van der Waals surface area contributed by atoms with Gasteiger partial charge in [0.1, 0.15) is 5.75 Å². The Morgan fingerprint density at radius 3 is 2.68 bits per heavy atom. The Kier molecular flexibility index (Phi) is 6.95. The zero-order chi connectivity index (χ0) is 14.1. The van der Waals surface area contributed by atoms with Crippen molar-refractivity contribution in [3.8, 4) is 5.75 Å². The molecule has 0 radical (unpaired) electrons. The fourth-order valence-electron chi connectivity index (χ4n) is 1.39. The monoisotopic (exact) mass is 329 g/mol. The molecule has 0 heterocycles. The summed E-state index contributed by atoms with van der Waals surface area (Å²) >= 11 is 3.32. The van der Waals surface area contributed by atoms with Gasteiger partial charge in [0.2, 0.25) is 0 Å². The summed E-state index contributed by atoms with van der Waals surface area (Å²) in [6.07, 6.45) is 1.33. The van der Waals surface area contributed by atoms with Crippen LogP contribution >= 0.6 is 15.9 Å². The first-order valence-electron chi connectivity index (χ1n) is 5.95. The molecule has 1 rings (SSSR count). The minimum atomic E-state index is -0.816. The highest BCUT2D eigenvalue weighted by molar-refractivity contribution is 9.10. The minimum Gasteiger partial charge on any atom is -0.483 e. The number of benzene rings is 1. The maximum absolute atomic E-state index is 11.5. The lowest BCUT2D eigenvalue weighted by molar-refractivity contribution is -0.137. The predicted octanol–water partition coefficient (Wildman–Crippen LogP) is 2.20. The Morgan fingerprint density at radius 2 is 2.00 bits per heavy atom. The normalized spacial score (nSPS) is 9.95. The number of carboxylic acids is 1. The van der Waals surface area contributed by atoms with Gasteiger partial charge in [-0.25, -0.2) is 0 Å². The van der Waals surface area contributed by atoms with Crippen molar-refractivity contribution < 1.29 is 19.4 Å². The van der Waals surface area contributed by atoms with Gasteiger partial charge in [0.25, 0.3) is 5.91 Å². The third-order valence-electron chi connectivity index (χ3n) is 2.34. The summed E-state index contributed by atoms with van der Waals surface area (Å²) in [5.74, 6) is -0.418. The summed E-state index contributed by atoms with van der Waals surface area (Å²) in [6, 6.07) is 7.28. The molecule has 0 saturated heterocycles. The molecule has 1 aromatic rings. The Bertz CT molecular complexity index is 436. The molecule has 0 saturated carbocycles. The van der Waals surface area contributed by atoms with E-state index in [1.165, 1.54) is 0 Å². The van der Waals surface area contributed by atoms with Crippen LogP contribution in [0, 0.1) is 0 Å². The number of unbranched alkanes of at least 4 members (excludes halogenated alkanes) is 1. The van der Waals surface area contributed by atoms with E-state index in [0.29, 0.717) is 25.1 Å². The number of ether oxygens (including phenoxy) is 1. The summed E-state index contributed by atoms with van der Waals surface area (Å²) in [5.41, 5.74) is 0. The number of carboxylic acid groups (broad SMARTS) is 1. The fraction of sp³-hybridized carbons (Fsp3) is 0.385. The van der Waals surface area contributed by atoms with E-state index in [4.69, 9.17) is 9.84 Å². The lowest BCUT2D eigenvalue weighted by Gasteiger charge is -2.08. The smallest absolute Gasteiger partial charge is 0.303 e. The molecule has 1 amide bonds. The van der Waals surface area contributed by atoms with Gasteiger partial charge in [-0.3, -0.25) is 9.59 Å². The van der Waals surface area contributed by atoms with Gasteiger partial charge in [0.05, 0.1) is 4.47 Å². The van der Waals surface area contributed by atoms with Crippen LogP contribution in [0.3, 0.4) is 0 Å². The first-order chi connectivity index (χ1) is 9.09. The van der Waals surface area contributed by atoms with Crippen molar-refractivity contribution >= 4 is 27.8 Å². The van der Waals surface area contributed by atoms with Gasteiger partial charge in [0.15, 0.2) is 6.61 Å². The van der Waals surface area contributed by atoms with Crippen molar-refractivity contribution in [1.82, 2.24) is 5.32 Å². The lowest BCUT2D eigenvalue weighted by atomic mass is 10.2. The molecular weight excluding hydrogens is 314 g/mol. The number of carbonyl (C=O) groups excluding carboxylic acids is 1. The molecule has 0 unspecified atom stereocenters. The summed E-state index contributed by atoms with van der Waals surface area (Å²) in [7, 11) is 0. The average Bonchev–Trinajstić information content (AvgIpc) is 2.37. The molecule has 0 bridgehead atoms. The van der Waals surface area contributed by atoms with E-state index in [-0.39, 0.29) is 18.9 Å². The van der Waals surface area contributed by atoms with E-state index in [9.17, 15) is 9.59 Å². The number of hydrogen-bond acceptors (Lipinski definition) is 3. The Balaban J connectivity index is 2.15. The summed E-state index contributed by atoms with van der Waals surface area (Å²) in [5, 5.41) is 11.1. The Labute approximate surface area is 120 Å². The van der Waals surface area contributed by atoms with Gasteiger partial charge < -0.3 is 15.2 Å². The van der Waals surface area contributed by atoms with Crippen LogP contribution in [0.4, 0.5) is 0 Å². The van der Waals surface area contributed by atoms with E-state index in [1.807, 2.05) is 18.2 Å². The molecule has 0 fully saturated rings. The van der Waals surface area contributed by atoms with Crippen molar-refractivity contribution in [2.75, 3.05) is 13.2 Å². The second-order valence-electron chi connectivity index (χ2n) is 3.92. The number of aliphatic carboxylic acids is 1. The summed E-state index contributed by atoms with van der Waals surface area (Å²) < 4.78 is 6.14. The molecule has 0 aromatic heterocycles. The maximum Gasteiger partial charge on any atom is 0.303 e. The van der Waals surface area contributed by atoms with Crippen molar-refractivity contribution in [3.05, 3.63) is 28.7 Å². The first kappa shape index (κ1) is 15.5. The van der Waals surface area contributed by atoms with Crippen molar-refractivity contribution in [3.63, 3.8) is 0 Å². The zero-order valence-electron chi connectivity index (χ0n) is 10.4. The van der Waals surface area contributed by atoms with Crippen molar-refractivity contribution in [1.29, 1.82) is 0 Å². The highest BCUT2D eigenvalue weighted by Crippen LogP contribution is 2.23. The highest BCUT2D eigenvalue weighted by atomic mass is 79.9. The van der Waals surface area contributed by atoms with Gasteiger partial charge in [0, 0.05) is 13.0 Å².